The van der Waals surface area contributed by atoms with Gasteiger partial charge in [0.25, 0.3) is 5.69 Å². The Balaban J connectivity index is 0.000000152. The summed E-state index contributed by atoms with van der Waals surface area (Å²) in [7, 11) is 4.17. The second-order valence-corrected chi connectivity index (χ2v) is 7.05. The molecule has 4 rings (SSSR count). The molecule has 0 spiro atoms. The maximum atomic E-state index is 10.4. The third-order valence-electron chi connectivity index (χ3n) is 4.96. The van der Waals surface area contributed by atoms with E-state index in [0.29, 0.717) is 6.04 Å². The molecular formula is C20H26N4O2. The lowest BCUT2D eigenvalue weighted by atomic mass is 10.2. The highest BCUT2D eigenvalue weighted by molar-refractivity contribution is 5.54. The van der Waals surface area contributed by atoms with Gasteiger partial charge in [-0.05, 0) is 62.1 Å². The van der Waals surface area contributed by atoms with Crippen molar-refractivity contribution in [1.82, 2.24) is 0 Å². The third kappa shape index (κ3) is 4.65. The molecular weight excluding hydrogens is 328 g/mol. The van der Waals surface area contributed by atoms with E-state index in [-0.39, 0.29) is 10.6 Å². The second-order valence-electron chi connectivity index (χ2n) is 7.05. The lowest BCUT2D eigenvalue weighted by Crippen LogP contribution is -2.18. The van der Waals surface area contributed by atoms with Gasteiger partial charge >= 0.3 is 0 Å². The number of benzene rings is 2. The molecule has 2 saturated carbocycles. The molecule has 0 aliphatic heterocycles. The maximum absolute atomic E-state index is 10.4. The van der Waals surface area contributed by atoms with Gasteiger partial charge in [0.1, 0.15) is 0 Å². The van der Waals surface area contributed by atoms with E-state index in [0.717, 1.165) is 17.4 Å². The standard InChI is InChI=1S/C10H12N2O2.C10H14N2/c1-11(8-2-3-8)9-4-6-10(7-5-9)12(13)14;1-12(10-6-7-10)9-4-2-8(11)3-5-9/h4-8H,2-3H2,1H3;2-5,10H,6-7,11H2,1H3. The zero-order chi connectivity index (χ0) is 18.7. The first kappa shape index (κ1) is 18.0. The van der Waals surface area contributed by atoms with Gasteiger partial charge in [0.05, 0.1) is 4.92 Å². The molecule has 0 saturated heterocycles. The molecule has 0 aromatic heterocycles. The first-order valence-corrected chi connectivity index (χ1v) is 9.01. The zero-order valence-electron chi connectivity index (χ0n) is 15.3. The minimum absolute atomic E-state index is 0.151. The molecule has 6 nitrogen and oxygen atoms in total. The van der Waals surface area contributed by atoms with Crippen LogP contribution in [-0.2, 0) is 0 Å². The first-order chi connectivity index (χ1) is 12.5. The molecule has 0 bridgehead atoms. The molecule has 138 valence electrons. The molecule has 0 unspecified atom stereocenters. The number of rotatable bonds is 5. The molecule has 2 aromatic carbocycles. The van der Waals surface area contributed by atoms with Crippen LogP contribution in [0.5, 0.6) is 0 Å². The fourth-order valence-electron chi connectivity index (χ4n) is 2.86. The Hall–Kier alpha value is -2.76. The van der Waals surface area contributed by atoms with E-state index < -0.39 is 0 Å². The van der Waals surface area contributed by atoms with E-state index in [1.807, 2.05) is 19.2 Å². The van der Waals surface area contributed by atoms with E-state index in [1.165, 1.54) is 31.4 Å². The van der Waals surface area contributed by atoms with Crippen LogP contribution in [0.3, 0.4) is 0 Å². The van der Waals surface area contributed by atoms with Crippen LogP contribution in [0.2, 0.25) is 0 Å². The quantitative estimate of drug-likeness (QED) is 0.498. The molecule has 2 N–H and O–H groups in total. The summed E-state index contributed by atoms with van der Waals surface area (Å²) < 4.78 is 0. The minimum Gasteiger partial charge on any atom is -0.399 e. The average Bonchev–Trinajstić information content (AvgIpc) is 3.54. The Morgan fingerprint density at radius 1 is 0.846 bits per heavy atom. The molecule has 0 amide bonds. The van der Waals surface area contributed by atoms with Crippen molar-refractivity contribution < 1.29 is 4.92 Å². The van der Waals surface area contributed by atoms with Crippen LogP contribution in [0, 0.1) is 10.1 Å². The van der Waals surface area contributed by atoms with Gasteiger partial charge in [-0.15, -0.1) is 0 Å². The van der Waals surface area contributed by atoms with Crippen molar-refractivity contribution in [3.8, 4) is 0 Å². The van der Waals surface area contributed by atoms with Gasteiger partial charge < -0.3 is 15.5 Å². The van der Waals surface area contributed by atoms with E-state index in [1.54, 1.807) is 24.3 Å². The van der Waals surface area contributed by atoms with Gasteiger partial charge in [0.2, 0.25) is 0 Å². The molecule has 2 aromatic rings. The number of anilines is 3. The highest BCUT2D eigenvalue weighted by Gasteiger charge is 2.27. The first-order valence-electron chi connectivity index (χ1n) is 9.01. The lowest BCUT2D eigenvalue weighted by molar-refractivity contribution is -0.384. The summed E-state index contributed by atoms with van der Waals surface area (Å²) in [4.78, 5) is 14.5. The number of nitrogens with zero attached hydrogens (tertiary/aromatic N) is 3. The Bertz CT molecular complexity index is 737. The lowest BCUT2D eigenvalue weighted by Gasteiger charge is -2.18. The zero-order valence-corrected chi connectivity index (χ0v) is 15.3. The summed E-state index contributed by atoms with van der Waals surface area (Å²) in [6.45, 7) is 0. The van der Waals surface area contributed by atoms with Crippen LogP contribution in [0.4, 0.5) is 22.7 Å². The molecule has 0 radical (unpaired) electrons. The molecule has 6 heteroatoms. The van der Waals surface area contributed by atoms with Crippen molar-refractivity contribution in [3.63, 3.8) is 0 Å². The van der Waals surface area contributed by atoms with Crippen LogP contribution in [0.25, 0.3) is 0 Å². The van der Waals surface area contributed by atoms with E-state index in [9.17, 15) is 10.1 Å². The van der Waals surface area contributed by atoms with Gasteiger partial charge in [0, 0.05) is 55.4 Å². The number of non-ortho nitro benzene ring substituents is 1. The van der Waals surface area contributed by atoms with Crippen molar-refractivity contribution in [2.24, 2.45) is 0 Å². The summed E-state index contributed by atoms with van der Waals surface area (Å²) in [5.74, 6) is 0. The Morgan fingerprint density at radius 3 is 1.58 bits per heavy atom. The number of nitro groups is 1. The van der Waals surface area contributed by atoms with Crippen LogP contribution >= 0.6 is 0 Å². The van der Waals surface area contributed by atoms with Crippen molar-refractivity contribution in [2.45, 2.75) is 37.8 Å². The summed E-state index contributed by atoms with van der Waals surface area (Å²) in [5.41, 5.74) is 8.91. The van der Waals surface area contributed by atoms with Crippen LogP contribution in [0.15, 0.2) is 48.5 Å². The summed E-state index contributed by atoms with van der Waals surface area (Å²) in [5, 5.41) is 10.4. The molecule has 2 aliphatic carbocycles. The largest absolute Gasteiger partial charge is 0.399 e. The summed E-state index contributed by atoms with van der Waals surface area (Å²) in [6, 6.07) is 16.2. The molecule has 2 aliphatic rings. The number of nitrogens with two attached hydrogens (primary N) is 1. The molecule has 0 heterocycles. The predicted octanol–water partition coefficient (Wildman–Crippen LogP) is 4.06. The molecule has 26 heavy (non-hydrogen) atoms. The van der Waals surface area contributed by atoms with Crippen molar-refractivity contribution in [2.75, 3.05) is 29.6 Å². The minimum atomic E-state index is -0.374. The number of hydrogen-bond donors (Lipinski definition) is 1. The fraction of sp³-hybridized carbons (Fsp3) is 0.400. The van der Waals surface area contributed by atoms with Gasteiger partial charge in [0.15, 0.2) is 0 Å². The van der Waals surface area contributed by atoms with E-state index in [4.69, 9.17) is 5.73 Å². The smallest absolute Gasteiger partial charge is 0.269 e. The Morgan fingerprint density at radius 2 is 1.23 bits per heavy atom. The highest BCUT2D eigenvalue weighted by atomic mass is 16.6. The third-order valence-corrected chi connectivity index (χ3v) is 4.96. The van der Waals surface area contributed by atoms with E-state index >= 15 is 0 Å². The van der Waals surface area contributed by atoms with Gasteiger partial charge in [-0.3, -0.25) is 10.1 Å². The molecule has 0 atom stereocenters. The van der Waals surface area contributed by atoms with Crippen LogP contribution in [0.1, 0.15) is 25.7 Å². The van der Waals surface area contributed by atoms with Crippen LogP contribution in [-0.4, -0.2) is 31.1 Å². The van der Waals surface area contributed by atoms with Crippen LogP contribution < -0.4 is 15.5 Å². The monoisotopic (exact) mass is 354 g/mol. The number of nitrogen functional groups attached to an aromatic ring is 1. The van der Waals surface area contributed by atoms with E-state index in [2.05, 4.69) is 29.0 Å². The number of nitro benzene ring substituents is 1. The average molecular weight is 354 g/mol. The topological polar surface area (TPSA) is 75.6 Å². The van der Waals surface area contributed by atoms with Crippen molar-refractivity contribution in [1.29, 1.82) is 0 Å². The van der Waals surface area contributed by atoms with Gasteiger partial charge in [-0.1, -0.05) is 0 Å². The number of hydrogen-bond acceptors (Lipinski definition) is 5. The maximum Gasteiger partial charge on any atom is 0.269 e. The second kappa shape index (κ2) is 7.64. The highest BCUT2D eigenvalue weighted by Crippen LogP contribution is 2.31. The van der Waals surface area contributed by atoms with Crippen molar-refractivity contribution >= 4 is 22.7 Å². The Labute approximate surface area is 154 Å². The van der Waals surface area contributed by atoms with Gasteiger partial charge in [-0.25, -0.2) is 0 Å². The SMILES string of the molecule is CN(c1ccc(N)cc1)C1CC1.CN(c1ccc([N+](=O)[O-])cc1)C1CC1. The summed E-state index contributed by atoms with van der Waals surface area (Å²) in [6.07, 6.45) is 5.13. The Kier molecular flexibility index (Phi) is 5.30. The summed E-state index contributed by atoms with van der Waals surface area (Å²) >= 11 is 0. The van der Waals surface area contributed by atoms with Gasteiger partial charge in [-0.2, -0.15) is 0 Å². The van der Waals surface area contributed by atoms with Crippen molar-refractivity contribution in [3.05, 3.63) is 58.6 Å². The fourth-order valence-corrected chi connectivity index (χ4v) is 2.86. The molecule has 2 fully saturated rings. The predicted molar refractivity (Wildman–Crippen MR) is 107 cm³/mol. The normalized spacial score (nSPS) is 15.6.